The van der Waals surface area contributed by atoms with Crippen molar-refractivity contribution >= 4 is 5.97 Å². The van der Waals surface area contributed by atoms with Crippen molar-refractivity contribution in [1.29, 1.82) is 0 Å². The van der Waals surface area contributed by atoms with Gasteiger partial charge in [-0.2, -0.15) is 0 Å². The molecule has 0 radical (unpaired) electrons. The largest absolute Gasteiger partial charge is 0.478 e. The summed E-state index contributed by atoms with van der Waals surface area (Å²) < 4.78 is 0. The molecule has 1 aromatic carbocycles. The van der Waals surface area contributed by atoms with E-state index in [1.54, 1.807) is 0 Å². The molecular weight excluding hydrogens is 420 g/mol. The Kier molecular flexibility index (Phi) is 10.8. The molecule has 1 N–H and O–H groups in total. The Hall–Kier alpha value is -2.49. The van der Waals surface area contributed by atoms with E-state index in [0.717, 1.165) is 56.3 Å². The van der Waals surface area contributed by atoms with Gasteiger partial charge in [-0.15, -0.1) is 0 Å². The van der Waals surface area contributed by atoms with Gasteiger partial charge < -0.3 is 5.11 Å². The number of unbranched alkanes of at least 4 members (excludes halogenated alkanes) is 6. The van der Waals surface area contributed by atoms with Crippen molar-refractivity contribution in [3.05, 3.63) is 59.4 Å². The summed E-state index contributed by atoms with van der Waals surface area (Å²) in [5.41, 5.74) is 4.26. The van der Waals surface area contributed by atoms with Gasteiger partial charge in [-0.05, 0) is 74.3 Å². The fourth-order valence-corrected chi connectivity index (χ4v) is 5.11. The van der Waals surface area contributed by atoms with E-state index in [0.29, 0.717) is 11.5 Å². The van der Waals surface area contributed by atoms with Crippen LogP contribution < -0.4 is 0 Å². The van der Waals surface area contributed by atoms with Crippen LogP contribution in [0, 0.1) is 5.92 Å². The number of allylic oxidation sites excluding steroid dienone is 1. The van der Waals surface area contributed by atoms with Crippen LogP contribution in [0.4, 0.5) is 0 Å². The van der Waals surface area contributed by atoms with E-state index in [4.69, 9.17) is 0 Å². The lowest BCUT2D eigenvalue weighted by molar-refractivity contribution is -0.133. The Morgan fingerprint density at radius 2 is 1.56 bits per heavy atom. The van der Waals surface area contributed by atoms with Crippen molar-refractivity contribution in [3.63, 3.8) is 0 Å². The molecule has 2 aromatic rings. The van der Waals surface area contributed by atoms with Gasteiger partial charge in [0.15, 0.2) is 5.82 Å². The summed E-state index contributed by atoms with van der Waals surface area (Å²) in [5.74, 6) is 0.763. The molecule has 1 fully saturated rings. The number of aliphatic carboxylic acids is 1. The zero-order valence-electron chi connectivity index (χ0n) is 21.1. The summed E-state index contributed by atoms with van der Waals surface area (Å²) in [6.45, 7) is 4.42. The fourth-order valence-electron chi connectivity index (χ4n) is 5.11. The van der Waals surface area contributed by atoms with E-state index in [1.807, 2.05) is 18.5 Å². The Labute approximate surface area is 205 Å². The summed E-state index contributed by atoms with van der Waals surface area (Å²) in [6.07, 6.45) is 20.3. The standard InChI is InChI=1S/C30H42N2O2/c1-3-5-7-8-10-12-28(30(33)34)26-17-13-24(14-18-26)25-15-19-27(20-16-25)29-31-21-23(22-32-29)11-9-6-4-2/h12,15-16,19-22,24,26H,3-11,13-14,17-18H2,1-2H3,(H,33,34). The molecule has 3 rings (SSSR count). The molecule has 0 unspecified atom stereocenters. The monoisotopic (exact) mass is 462 g/mol. The Morgan fingerprint density at radius 3 is 2.18 bits per heavy atom. The zero-order chi connectivity index (χ0) is 24.2. The molecule has 4 nitrogen and oxygen atoms in total. The van der Waals surface area contributed by atoms with Crippen molar-refractivity contribution in [2.75, 3.05) is 0 Å². The fraction of sp³-hybridized carbons (Fsp3) is 0.567. The highest BCUT2D eigenvalue weighted by Gasteiger charge is 2.27. The molecule has 0 amide bonds. The van der Waals surface area contributed by atoms with Crippen LogP contribution in [-0.2, 0) is 11.2 Å². The number of hydrogen-bond acceptors (Lipinski definition) is 3. The highest BCUT2D eigenvalue weighted by Crippen LogP contribution is 2.39. The minimum atomic E-state index is -0.723. The average Bonchev–Trinajstić information content (AvgIpc) is 2.87. The molecule has 184 valence electrons. The minimum Gasteiger partial charge on any atom is -0.478 e. The van der Waals surface area contributed by atoms with Crippen molar-refractivity contribution in [2.24, 2.45) is 5.92 Å². The molecular formula is C30H42N2O2. The molecule has 0 saturated heterocycles. The first-order valence-corrected chi connectivity index (χ1v) is 13.5. The molecule has 0 bridgehead atoms. The summed E-state index contributed by atoms with van der Waals surface area (Å²) >= 11 is 0. The van der Waals surface area contributed by atoms with Gasteiger partial charge in [0.2, 0.25) is 0 Å². The maximum atomic E-state index is 11.8. The van der Waals surface area contributed by atoms with Crippen LogP contribution in [-0.4, -0.2) is 21.0 Å². The van der Waals surface area contributed by atoms with Crippen molar-refractivity contribution in [1.82, 2.24) is 9.97 Å². The highest BCUT2D eigenvalue weighted by molar-refractivity contribution is 5.87. The van der Waals surface area contributed by atoms with E-state index >= 15 is 0 Å². The highest BCUT2D eigenvalue weighted by atomic mass is 16.4. The molecule has 4 heteroatoms. The number of aromatic nitrogens is 2. The van der Waals surface area contributed by atoms with Crippen LogP contribution in [0.3, 0.4) is 0 Å². The first kappa shape index (κ1) is 26.1. The van der Waals surface area contributed by atoms with E-state index < -0.39 is 5.97 Å². The van der Waals surface area contributed by atoms with Gasteiger partial charge in [0.25, 0.3) is 0 Å². The number of carboxylic acid groups (broad SMARTS) is 1. The van der Waals surface area contributed by atoms with Gasteiger partial charge in [0, 0.05) is 23.5 Å². The van der Waals surface area contributed by atoms with Crippen molar-refractivity contribution < 1.29 is 9.90 Å². The third-order valence-corrected chi connectivity index (χ3v) is 7.25. The van der Waals surface area contributed by atoms with E-state index in [9.17, 15) is 9.90 Å². The second kappa shape index (κ2) is 14.0. The van der Waals surface area contributed by atoms with E-state index in [1.165, 1.54) is 49.7 Å². The first-order valence-electron chi connectivity index (χ1n) is 13.5. The topological polar surface area (TPSA) is 63.1 Å². The number of nitrogens with zero attached hydrogens (tertiary/aromatic N) is 2. The third kappa shape index (κ3) is 7.78. The van der Waals surface area contributed by atoms with Crippen LogP contribution in [0.2, 0.25) is 0 Å². The summed E-state index contributed by atoms with van der Waals surface area (Å²) in [4.78, 5) is 21.0. The number of benzene rings is 1. The maximum Gasteiger partial charge on any atom is 0.331 e. The number of carbonyl (C=O) groups is 1. The molecule has 0 aliphatic heterocycles. The van der Waals surface area contributed by atoms with E-state index in [-0.39, 0.29) is 5.92 Å². The summed E-state index contributed by atoms with van der Waals surface area (Å²) in [7, 11) is 0. The average molecular weight is 463 g/mol. The number of carboxylic acids is 1. The minimum absolute atomic E-state index is 0.198. The molecule has 1 aliphatic rings. The summed E-state index contributed by atoms with van der Waals surface area (Å²) in [6, 6.07) is 8.68. The predicted molar refractivity (Wildman–Crippen MR) is 140 cm³/mol. The van der Waals surface area contributed by atoms with E-state index in [2.05, 4.69) is 48.1 Å². The number of hydrogen-bond donors (Lipinski definition) is 1. The summed E-state index contributed by atoms with van der Waals surface area (Å²) in [5, 5.41) is 9.74. The van der Waals surface area contributed by atoms with Gasteiger partial charge >= 0.3 is 5.97 Å². The lowest BCUT2D eigenvalue weighted by Crippen LogP contribution is -2.19. The zero-order valence-corrected chi connectivity index (χ0v) is 21.1. The molecule has 34 heavy (non-hydrogen) atoms. The molecule has 1 aromatic heterocycles. The SMILES string of the molecule is CCCCCCC=C(C(=O)O)C1CCC(c2ccc(-c3ncc(CCCCC)cn3)cc2)CC1. The van der Waals surface area contributed by atoms with Gasteiger partial charge in [-0.1, -0.05) is 76.3 Å². The van der Waals surface area contributed by atoms with Crippen LogP contribution >= 0.6 is 0 Å². The van der Waals surface area contributed by atoms with Gasteiger partial charge in [0.05, 0.1) is 0 Å². The molecule has 1 aliphatic carbocycles. The van der Waals surface area contributed by atoms with Crippen LogP contribution in [0.15, 0.2) is 48.3 Å². The lowest BCUT2D eigenvalue weighted by Gasteiger charge is -2.29. The van der Waals surface area contributed by atoms with Crippen LogP contribution in [0.1, 0.15) is 108 Å². The Morgan fingerprint density at radius 1 is 0.912 bits per heavy atom. The van der Waals surface area contributed by atoms with Crippen LogP contribution in [0.5, 0.6) is 0 Å². The molecule has 0 spiro atoms. The second-order valence-electron chi connectivity index (χ2n) is 9.86. The molecule has 1 heterocycles. The Balaban J connectivity index is 1.53. The van der Waals surface area contributed by atoms with Crippen LogP contribution in [0.25, 0.3) is 11.4 Å². The number of rotatable bonds is 13. The second-order valence-corrected chi connectivity index (χ2v) is 9.86. The molecule has 0 atom stereocenters. The first-order chi connectivity index (χ1) is 16.6. The third-order valence-electron chi connectivity index (χ3n) is 7.25. The quantitative estimate of drug-likeness (QED) is 0.241. The lowest BCUT2D eigenvalue weighted by atomic mass is 9.75. The van der Waals surface area contributed by atoms with Gasteiger partial charge in [-0.25, -0.2) is 14.8 Å². The van der Waals surface area contributed by atoms with Gasteiger partial charge in [-0.3, -0.25) is 0 Å². The normalized spacial score (nSPS) is 18.7. The van der Waals surface area contributed by atoms with Crippen molar-refractivity contribution in [3.8, 4) is 11.4 Å². The maximum absolute atomic E-state index is 11.8. The predicted octanol–water partition coefficient (Wildman–Crippen LogP) is 8.13. The number of aryl methyl sites for hydroxylation is 1. The Bertz CT molecular complexity index is 894. The smallest absolute Gasteiger partial charge is 0.331 e. The van der Waals surface area contributed by atoms with Crippen molar-refractivity contribution in [2.45, 2.75) is 103 Å². The molecule has 1 saturated carbocycles. The van der Waals surface area contributed by atoms with Gasteiger partial charge in [0.1, 0.15) is 0 Å².